The smallest absolute Gasteiger partial charge is 0.332 e. The van der Waals surface area contributed by atoms with Gasteiger partial charge in [0.1, 0.15) is 0 Å². The van der Waals surface area contributed by atoms with Crippen molar-refractivity contribution in [1.29, 1.82) is 0 Å². The Kier molecular flexibility index (Phi) is 7.68. The lowest BCUT2D eigenvalue weighted by Crippen LogP contribution is -2.52. The van der Waals surface area contributed by atoms with Crippen molar-refractivity contribution in [2.24, 2.45) is 0 Å². The van der Waals surface area contributed by atoms with E-state index in [4.69, 9.17) is 11.6 Å². The summed E-state index contributed by atoms with van der Waals surface area (Å²) in [5.41, 5.74) is 0.615. The third-order valence-electron chi connectivity index (χ3n) is 6.26. The van der Waals surface area contributed by atoms with Gasteiger partial charge in [-0.25, -0.2) is 14.7 Å². The van der Waals surface area contributed by atoms with Gasteiger partial charge in [-0.15, -0.1) is 11.3 Å². The summed E-state index contributed by atoms with van der Waals surface area (Å²) in [6.45, 7) is 3.29. The molecule has 10 heteroatoms. The Bertz CT molecular complexity index is 1180. The molecule has 1 aliphatic heterocycles. The Morgan fingerprint density at radius 3 is 2.60 bits per heavy atom. The highest BCUT2D eigenvalue weighted by Crippen LogP contribution is 2.36. The van der Waals surface area contributed by atoms with Crippen LogP contribution in [0.1, 0.15) is 24.8 Å². The average molecular weight is 524 g/mol. The summed E-state index contributed by atoms with van der Waals surface area (Å²) in [6, 6.07) is 11.3. The van der Waals surface area contributed by atoms with Gasteiger partial charge < -0.3 is 9.80 Å². The maximum atomic E-state index is 13.4. The molecule has 2 heterocycles. The van der Waals surface area contributed by atoms with Crippen LogP contribution in [0, 0.1) is 0 Å². The zero-order chi connectivity index (χ0) is 25.1. The van der Waals surface area contributed by atoms with E-state index in [1.165, 1.54) is 34.8 Å². The number of carbonyl (C=O) groups is 1. The number of quaternary nitrogens is 1. The number of urea groups is 1. The van der Waals surface area contributed by atoms with Crippen LogP contribution in [0.2, 0.25) is 5.02 Å². The fourth-order valence-electron chi connectivity index (χ4n) is 4.29. The molecule has 1 saturated heterocycles. The summed E-state index contributed by atoms with van der Waals surface area (Å²) < 4.78 is 41.1. The SMILES string of the molecule is C[N+]1(CCNC(=O)N(c2cccc(C(F)(F)F)c2)c2nc(-c3cccc(Cl)c3)cs2)CCCCC1. The predicted octanol–water partition coefficient (Wildman–Crippen LogP) is 6.96. The summed E-state index contributed by atoms with van der Waals surface area (Å²) >= 11 is 7.28. The molecule has 1 aliphatic rings. The molecule has 0 spiro atoms. The summed E-state index contributed by atoms with van der Waals surface area (Å²) in [6.07, 6.45) is -0.985. The van der Waals surface area contributed by atoms with E-state index >= 15 is 0 Å². The number of thiazole rings is 1. The predicted molar refractivity (Wildman–Crippen MR) is 134 cm³/mol. The molecule has 2 aromatic carbocycles. The largest absolute Gasteiger partial charge is 0.416 e. The Labute approximate surface area is 211 Å². The van der Waals surface area contributed by atoms with Crippen LogP contribution in [-0.4, -0.2) is 48.7 Å². The van der Waals surface area contributed by atoms with Gasteiger partial charge in [0.05, 0.1) is 50.2 Å². The molecule has 1 aromatic heterocycles. The van der Waals surface area contributed by atoms with Crippen LogP contribution < -0.4 is 10.2 Å². The molecule has 2 amide bonds. The minimum absolute atomic E-state index is 0.0997. The first kappa shape index (κ1) is 25.5. The van der Waals surface area contributed by atoms with E-state index in [1.807, 2.05) is 6.07 Å². The van der Waals surface area contributed by atoms with Crippen LogP contribution in [0.3, 0.4) is 0 Å². The number of nitrogens with one attached hydrogen (secondary N) is 1. The normalized spacial score (nSPS) is 15.6. The van der Waals surface area contributed by atoms with Crippen LogP contribution in [0.15, 0.2) is 53.9 Å². The monoisotopic (exact) mass is 523 g/mol. The van der Waals surface area contributed by atoms with Crippen molar-refractivity contribution in [2.75, 3.05) is 38.1 Å². The van der Waals surface area contributed by atoms with Crippen LogP contribution in [0.4, 0.5) is 28.8 Å². The molecule has 0 unspecified atom stereocenters. The maximum Gasteiger partial charge on any atom is 0.416 e. The summed E-state index contributed by atoms with van der Waals surface area (Å²) in [5, 5.41) is 5.48. The molecule has 4 rings (SSSR count). The van der Waals surface area contributed by atoms with Crippen LogP contribution in [0.25, 0.3) is 11.3 Å². The Morgan fingerprint density at radius 2 is 1.89 bits per heavy atom. The van der Waals surface area contributed by atoms with Gasteiger partial charge in [0.25, 0.3) is 0 Å². The Hall–Kier alpha value is -2.62. The van der Waals surface area contributed by atoms with E-state index in [2.05, 4.69) is 17.3 Å². The number of likely N-dealkylation sites (tertiary alicyclic amines) is 1. The standard InChI is InChI=1S/C25H26ClF3N4OS/c1-33(12-3-2-4-13-33)14-11-30-23(34)32(21-10-6-8-19(16-21)25(27,28)29)24-31-22(17-35-24)18-7-5-9-20(26)15-18/h5-10,15-17H,2-4,11-14H2,1H3/p+1. The number of hydrogen-bond acceptors (Lipinski definition) is 3. The molecular formula is C25H27ClF3N4OS+. The van der Waals surface area contributed by atoms with E-state index < -0.39 is 17.8 Å². The molecule has 1 N–H and O–H groups in total. The number of benzene rings is 2. The molecule has 3 aromatic rings. The van der Waals surface area contributed by atoms with Gasteiger partial charge >= 0.3 is 12.2 Å². The molecular weight excluding hydrogens is 497 g/mol. The summed E-state index contributed by atoms with van der Waals surface area (Å²) in [5.74, 6) is 0. The first-order chi connectivity index (χ1) is 16.6. The highest BCUT2D eigenvalue weighted by molar-refractivity contribution is 7.14. The minimum atomic E-state index is -4.53. The number of nitrogens with zero attached hydrogens (tertiary/aromatic N) is 3. The number of hydrogen-bond donors (Lipinski definition) is 1. The van der Waals surface area contributed by atoms with Crippen molar-refractivity contribution in [3.63, 3.8) is 0 Å². The van der Waals surface area contributed by atoms with Gasteiger partial charge in [-0.2, -0.15) is 13.2 Å². The zero-order valence-corrected chi connectivity index (χ0v) is 20.9. The van der Waals surface area contributed by atoms with Gasteiger partial charge in [-0.1, -0.05) is 29.8 Å². The summed E-state index contributed by atoms with van der Waals surface area (Å²) in [7, 11) is 2.17. The van der Waals surface area contributed by atoms with Gasteiger partial charge in [-0.3, -0.25) is 0 Å². The highest BCUT2D eigenvalue weighted by Gasteiger charge is 2.32. The highest BCUT2D eigenvalue weighted by atomic mass is 35.5. The molecule has 0 bridgehead atoms. The van der Waals surface area contributed by atoms with E-state index in [0.717, 1.165) is 54.7 Å². The molecule has 186 valence electrons. The lowest BCUT2D eigenvalue weighted by Gasteiger charge is -2.38. The van der Waals surface area contributed by atoms with Crippen molar-refractivity contribution < 1.29 is 22.4 Å². The van der Waals surface area contributed by atoms with Gasteiger partial charge in [0.2, 0.25) is 0 Å². The van der Waals surface area contributed by atoms with E-state index in [9.17, 15) is 18.0 Å². The molecule has 0 atom stereocenters. The third kappa shape index (κ3) is 6.34. The Morgan fingerprint density at radius 1 is 1.14 bits per heavy atom. The van der Waals surface area contributed by atoms with Crippen LogP contribution >= 0.6 is 22.9 Å². The number of rotatable bonds is 6. The van der Waals surface area contributed by atoms with Crippen LogP contribution in [0.5, 0.6) is 0 Å². The molecule has 0 radical (unpaired) electrons. The second-order valence-electron chi connectivity index (χ2n) is 8.99. The molecule has 0 saturated carbocycles. The zero-order valence-electron chi connectivity index (χ0n) is 19.3. The second-order valence-corrected chi connectivity index (χ2v) is 10.3. The van der Waals surface area contributed by atoms with Gasteiger partial charge in [0, 0.05) is 16.0 Å². The second kappa shape index (κ2) is 10.6. The molecule has 35 heavy (non-hydrogen) atoms. The molecule has 5 nitrogen and oxygen atoms in total. The van der Waals surface area contributed by atoms with Crippen molar-refractivity contribution in [3.05, 3.63) is 64.5 Å². The average Bonchev–Trinajstić information content (AvgIpc) is 3.29. The number of alkyl halides is 3. The Balaban J connectivity index is 1.61. The number of amides is 2. The number of piperidine rings is 1. The quantitative estimate of drug-likeness (QED) is 0.355. The first-order valence-electron chi connectivity index (χ1n) is 11.4. The first-order valence-corrected chi connectivity index (χ1v) is 12.7. The van der Waals surface area contributed by atoms with E-state index in [1.54, 1.807) is 23.6 Å². The number of likely N-dealkylation sites (N-methyl/N-ethyl adjacent to an activating group) is 1. The molecule has 0 aliphatic carbocycles. The molecule has 1 fully saturated rings. The fraction of sp³-hybridized carbons (Fsp3) is 0.360. The van der Waals surface area contributed by atoms with Crippen LogP contribution in [-0.2, 0) is 6.18 Å². The third-order valence-corrected chi connectivity index (χ3v) is 7.32. The van der Waals surface area contributed by atoms with E-state index in [0.29, 0.717) is 17.3 Å². The minimum Gasteiger partial charge on any atom is -0.332 e. The topological polar surface area (TPSA) is 45.2 Å². The van der Waals surface area contributed by atoms with Gasteiger partial charge in [-0.05, 0) is 49.6 Å². The lowest BCUT2D eigenvalue weighted by molar-refractivity contribution is -0.912. The van der Waals surface area contributed by atoms with Crippen molar-refractivity contribution in [1.82, 2.24) is 10.3 Å². The number of anilines is 2. The number of aromatic nitrogens is 1. The van der Waals surface area contributed by atoms with Crippen molar-refractivity contribution in [2.45, 2.75) is 25.4 Å². The van der Waals surface area contributed by atoms with Crippen molar-refractivity contribution >= 4 is 39.8 Å². The number of carbonyl (C=O) groups excluding carboxylic acids is 1. The van der Waals surface area contributed by atoms with E-state index in [-0.39, 0.29) is 10.8 Å². The number of halogens is 4. The maximum absolute atomic E-state index is 13.4. The van der Waals surface area contributed by atoms with Crippen molar-refractivity contribution in [3.8, 4) is 11.3 Å². The fourth-order valence-corrected chi connectivity index (χ4v) is 5.34. The lowest BCUT2D eigenvalue weighted by atomic mass is 10.1. The van der Waals surface area contributed by atoms with Gasteiger partial charge in [0.15, 0.2) is 5.13 Å². The summed E-state index contributed by atoms with van der Waals surface area (Å²) in [4.78, 5) is 19.1.